The Morgan fingerprint density at radius 2 is 2.16 bits per heavy atom. The van der Waals surface area contributed by atoms with Crippen molar-refractivity contribution in [1.82, 2.24) is 4.98 Å². The third-order valence-electron chi connectivity index (χ3n) is 2.87. The summed E-state index contributed by atoms with van der Waals surface area (Å²) >= 11 is 1.50. The van der Waals surface area contributed by atoms with E-state index in [0.717, 1.165) is 23.5 Å². The van der Waals surface area contributed by atoms with Crippen LogP contribution in [0.25, 0.3) is 0 Å². The monoisotopic (exact) mass is 273 g/mol. The molecule has 0 bridgehead atoms. The molecule has 2 aromatic rings. The summed E-state index contributed by atoms with van der Waals surface area (Å²) in [5, 5.41) is 0. The molecule has 1 aromatic heterocycles. The Bertz CT molecular complexity index is 611. The molecule has 2 heterocycles. The predicted molar refractivity (Wildman–Crippen MR) is 76.3 cm³/mol. The lowest BCUT2D eigenvalue weighted by Gasteiger charge is -2.11. The molecule has 96 valence electrons. The first-order valence-electron chi connectivity index (χ1n) is 5.98. The molecular weight excluding hydrogens is 261 g/mol. The Morgan fingerprint density at radius 1 is 1.21 bits per heavy atom. The van der Waals surface area contributed by atoms with Crippen molar-refractivity contribution in [2.75, 3.05) is 11.3 Å². The van der Waals surface area contributed by atoms with Gasteiger partial charge in [-0.15, -0.1) is 0 Å². The lowest BCUT2D eigenvalue weighted by Crippen LogP contribution is -2.02. The van der Waals surface area contributed by atoms with Crippen molar-refractivity contribution in [3.63, 3.8) is 0 Å². The van der Waals surface area contributed by atoms with E-state index < -0.39 is 5.95 Å². The number of fused-ring (bicyclic) bond motifs is 1. The number of anilines is 1. The highest BCUT2D eigenvalue weighted by Crippen LogP contribution is 2.24. The quantitative estimate of drug-likeness (QED) is 0.688. The minimum atomic E-state index is -0.469. The number of halogens is 1. The summed E-state index contributed by atoms with van der Waals surface area (Å²) in [4.78, 5) is 8.98. The van der Waals surface area contributed by atoms with Gasteiger partial charge in [-0.05, 0) is 53.8 Å². The maximum Gasteiger partial charge on any atom is 0.212 e. The van der Waals surface area contributed by atoms with Gasteiger partial charge >= 0.3 is 0 Å². The maximum absolute atomic E-state index is 12.7. The fourth-order valence-corrected chi connectivity index (χ4v) is 2.58. The van der Waals surface area contributed by atoms with Crippen molar-refractivity contribution in [2.24, 2.45) is 4.99 Å². The van der Waals surface area contributed by atoms with E-state index in [-0.39, 0.29) is 0 Å². The van der Waals surface area contributed by atoms with E-state index in [1.807, 2.05) is 12.3 Å². The Kier molecular flexibility index (Phi) is 3.46. The molecule has 0 amide bonds. The van der Waals surface area contributed by atoms with Crippen LogP contribution in [0.5, 0.6) is 0 Å². The van der Waals surface area contributed by atoms with Crippen molar-refractivity contribution in [2.45, 2.75) is 11.3 Å². The third kappa shape index (κ3) is 2.93. The highest BCUT2D eigenvalue weighted by Gasteiger charge is 2.06. The number of hydrogen-bond acceptors (Lipinski definition) is 4. The molecule has 0 radical (unpaired) electrons. The molecule has 19 heavy (non-hydrogen) atoms. The van der Waals surface area contributed by atoms with Gasteiger partial charge in [-0.3, -0.25) is 4.99 Å². The number of nitrogens with zero attached hydrogens (tertiary/aromatic N) is 2. The van der Waals surface area contributed by atoms with Crippen LogP contribution in [0.15, 0.2) is 46.4 Å². The van der Waals surface area contributed by atoms with Crippen molar-refractivity contribution in [3.05, 3.63) is 53.6 Å². The normalized spacial score (nSPS) is 13.1. The van der Waals surface area contributed by atoms with Gasteiger partial charge in [0.25, 0.3) is 0 Å². The second kappa shape index (κ2) is 5.40. The first-order chi connectivity index (χ1) is 9.31. The molecular formula is C14H12FN3S. The largest absolute Gasteiger partial charge is 0.324 e. The van der Waals surface area contributed by atoms with Crippen molar-refractivity contribution >= 4 is 23.8 Å². The highest BCUT2D eigenvalue weighted by atomic mass is 32.2. The van der Waals surface area contributed by atoms with Crippen LogP contribution in [-0.2, 0) is 6.42 Å². The summed E-state index contributed by atoms with van der Waals surface area (Å²) in [6, 6.07) is 9.29. The number of hydrogen-bond donors (Lipinski definition) is 1. The molecule has 3 nitrogen and oxygen atoms in total. The number of aromatic nitrogens is 1. The molecule has 3 rings (SSSR count). The van der Waals surface area contributed by atoms with Crippen LogP contribution in [0.3, 0.4) is 0 Å². The van der Waals surface area contributed by atoms with Crippen LogP contribution in [0.4, 0.5) is 10.1 Å². The second-order valence-corrected chi connectivity index (χ2v) is 5.10. The first-order valence-corrected chi connectivity index (χ1v) is 6.80. The first kappa shape index (κ1) is 12.2. The maximum atomic E-state index is 12.7. The van der Waals surface area contributed by atoms with Gasteiger partial charge in [0.15, 0.2) is 0 Å². The van der Waals surface area contributed by atoms with Gasteiger partial charge in [0.1, 0.15) is 0 Å². The SMILES string of the molecule is Fc1ccc(NSc2ccc3c(c2)CCN=C3)cn1. The van der Waals surface area contributed by atoms with Crippen molar-refractivity contribution in [3.8, 4) is 0 Å². The molecule has 1 aliphatic heterocycles. The Balaban J connectivity index is 1.70. The molecule has 0 saturated carbocycles. The number of aliphatic imine (C=N–C) groups is 1. The lowest BCUT2D eigenvalue weighted by molar-refractivity contribution is 0.584. The number of benzene rings is 1. The van der Waals surface area contributed by atoms with Crippen LogP contribution in [0.1, 0.15) is 11.1 Å². The van der Waals surface area contributed by atoms with Gasteiger partial charge in [-0.1, -0.05) is 6.07 Å². The zero-order chi connectivity index (χ0) is 13.1. The van der Waals surface area contributed by atoms with Crippen LogP contribution >= 0.6 is 11.9 Å². The summed E-state index contributed by atoms with van der Waals surface area (Å²) < 4.78 is 15.8. The summed E-state index contributed by atoms with van der Waals surface area (Å²) in [5.74, 6) is -0.469. The number of nitrogens with one attached hydrogen (secondary N) is 1. The van der Waals surface area contributed by atoms with Crippen molar-refractivity contribution in [1.29, 1.82) is 0 Å². The van der Waals surface area contributed by atoms with Crippen LogP contribution in [-0.4, -0.2) is 17.7 Å². The average molecular weight is 273 g/mol. The second-order valence-electron chi connectivity index (χ2n) is 4.22. The highest BCUT2D eigenvalue weighted by molar-refractivity contribution is 8.00. The molecule has 0 atom stereocenters. The van der Waals surface area contributed by atoms with E-state index in [2.05, 4.69) is 26.8 Å². The standard InChI is InChI=1S/C14H12FN3S/c15-14-4-2-12(9-17-14)18-19-13-3-1-11-8-16-6-5-10(11)7-13/h1-4,7-9,18H,5-6H2. The van der Waals surface area contributed by atoms with Crippen LogP contribution in [0, 0.1) is 5.95 Å². The van der Waals surface area contributed by atoms with Crippen LogP contribution in [0.2, 0.25) is 0 Å². The molecule has 0 aliphatic carbocycles. The fourth-order valence-electron chi connectivity index (χ4n) is 1.89. The summed E-state index contributed by atoms with van der Waals surface area (Å²) in [5.41, 5.74) is 3.30. The Labute approximate surface area is 115 Å². The minimum absolute atomic E-state index is 0.469. The fraction of sp³-hybridized carbons (Fsp3) is 0.143. The molecule has 5 heteroatoms. The molecule has 0 saturated heterocycles. The van der Waals surface area contributed by atoms with Gasteiger partial charge in [0.2, 0.25) is 5.95 Å². The van der Waals surface area contributed by atoms with Crippen molar-refractivity contribution < 1.29 is 4.39 Å². The van der Waals surface area contributed by atoms with Gasteiger partial charge in [-0.25, -0.2) is 4.98 Å². The summed E-state index contributed by atoms with van der Waals surface area (Å²) in [6.07, 6.45) is 4.39. The van der Waals surface area contributed by atoms with E-state index in [1.165, 1.54) is 35.3 Å². The predicted octanol–water partition coefficient (Wildman–Crippen LogP) is 3.31. The number of pyridine rings is 1. The van der Waals surface area contributed by atoms with Crippen LogP contribution < -0.4 is 4.72 Å². The van der Waals surface area contributed by atoms with Gasteiger partial charge in [0, 0.05) is 17.7 Å². The minimum Gasteiger partial charge on any atom is -0.324 e. The zero-order valence-electron chi connectivity index (χ0n) is 10.1. The van der Waals surface area contributed by atoms with E-state index >= 15 is 0 Å². The third-order valence-corrected chi connectivity index (χ3v) is 3.70. The molecule has 1 aliphatic rings. The topological polar surface area (TPSA) is 37.3 Å². The van der Waals surface area contributed by atoms with E-state index in [1.54, 1.807) is 6.07 Å². The molecule has 0 unspecified atom stereocenters. The average Bonchev–Trinajstić information content (AvgIpc) is 2.46. The zero-order valence-corrected chi connectivity index (χ0v) is 11.0. The number of rotatable bonds is 3. The summed E-state index contributed by atoms with van der Waals surface area (Å²) in [6.45, 7) is 0.858. The summed E-state index contributed by atoms with van der Waals surface area (Å²) in [7, 11) is 0. The Hall–Kier alpha value is -1.88. The van der Waals surface area contributed by atoms with E-state index in [4.69, 9.17) is 0 Å². The van der Waals surface area contributed by atoms with E-state index in [9.17, 15) is 4.39 Å². The van der Waals surface area contributed by atoms with Gasteiger partial charge < -0.3 is 4.72 Å². The Morgan fingerprint density at radius 3 is 3.00 bits per heavy atom. The van der Waals surface area contributed by atoms with Gasteiger partial charge in [-0.2, -0.15) is 4.39 Å². The molecule has 0 fully saturated rings. The van der Waals surface area contributed by atoms with Gasteiger partial charge in [0.05, 0.1) is 11.9 Å². The van der Waals surface area contributed by atoms with E-state index in [0.29, 0.717) is 0 Å². The smallest absolute Gasteiger partial charge is 0.212 e. The molecule has 0 spiro atoms. The molecule has 1 aromatic carbocycles. The molecule has 1 N–H and O–H groups in total. The lowest BCUT2D eigenvalue weighted by atomic mass is 10.0.